The fourth-order valence-corrected chi connectivity index (χ4v) is 1.45. The molecule has 0 unspecified atom stereocenters. The van der Waals surface area contributed by atoms with E-state index in [4.69, 9.17) is 9.84 Å². The number of quaternary nitrogens is 1. The van der Waals surface area contributed by atoms with E-state index in [1.54, 1.807) is 12.1 Å². The fraction of sp³-hybridized carbons (Fsp3) is 0.286. The van der Waals surface area contributed by atoms with Gasteiger partial charge in [-0.15, -0.1) is 0 Å². The first-order chi connectivity index (χ1) is 9.69. The molecule has 6 heteroatoms. The van der Waals surface area contributed by atoms with E-state index < -0.39 is 5.97 Å². The summed E-state index contributed by atoms with van der Waals surface area (Å²) in [6.45, 7) is 1.98. The van der Waals surface area contributed by atoms with Gasteiger partial charge in [-0.2, -0.15) is 0 Å². The highest BCUT2D eigenvalue weighted by Crippen LogP contribution is 2.10. The predicted molar refractivity (Wildman–Crippen MR) is 71.7 cm³/mol. The Morgan fingerprint density at radius 2 is 2.00 bits per heavy atom. The van der Waals surface area contributed by atoms with Crippen molar-refractivity contribution in [1.29, 1.82) is 0 Å². The van der Waals surface area contributed by atoms with Crippen LogP contribution in [-0.2, 0) is 4.74 Å². The highest BCUT2D eigenvalue weighted by Gasteiger charge is 1.96. The molecule has 0 amide bonds. The van der Waals surface area contributed by atoms with E-state index in [2.05, 4.69) is 10.7 Å². The molecule has 1 aromatic carbocycles. The summed E-state index contributed by atoms with van der Waals surface area (Å²) in [5.41, 5.74) is 4.19. The van der Waals surface area contributed by atoms with Gasteiger partial charge in [0.1, 0.15) is 0 Å². The number of carbonyl (C=O) groups excluding carboxylic acids is 1. The maximum atomic E-state index is 10.5. The number of nitrogens with zero attached hydrogens (tertiary/aromatic N) is 1. The lowest BCUT2D eigenvalue weighted by Crippen LogP contribution is -2.52. The first-order valence-electron chi connectivity index (χ1n) is 6.24. The smallest absolute Gasteiger partial charge is 0.0977 e. The quantitative estimate of drug-likeness (QED) is 0.670. The second-order valence-corrected chi connectivity index (χ2v) is 3.87. The average Bonchev–Trinajstić information content (AvgIpc) is 2.48. The van der Waals surface area contributed by atoms with Crippen molar-refractivity contribution in [2.75, 3.05) is 26.4 Å². The molecule has 0 aliphatic carbocycles. The van der Waals surface area contributed by atoms with Crippen LogP contribution in [0.1, 0.15) is 10.5 Å². The van der Waals surface area contributed by atoms with Crippen LogP contribution in [0.5, 0.6) is 0 Å². The SMILES string of the molecule is O=C([O-])c1ccc2ccccc2n1.[NH3+]CCOCCO. The standard InChI is InChI=1S/C10H7NO2.C4H11NO2/c12-10(13)9-6-5-7-3-1-2-4-8(7)11-9;5-1-3-7-4-2-6/h1-6H,(H,12,13);6H,1-5H2. The molecular formula is C14H18N2O4. The van der Waals surface area contributed by atoms with E-state index in [1.807, 2.05) is 18.2 Å². The third-order valence-electron chi connectivity index (χ3n) is 2.33. The average molecular weight is 278 g/mol. The van der Waals surface area contributed by atoms with Crippen LogP contribution in [-0.4, -0.2) is 42.4 Å². The fourth-order valence-electron chi connectivity index (χ4n) is 1.45. The molecule has 4 N–H and O–H groups in total. The Morgan fingerprint density at radius 1 is 1.25 bits per heavy atom. The molecule has 0 saturated carbocycles. The number of carbonyl (C=O) groups is 1. The number of pyridine rings is 1. The van der Waals surface area contributed by atoms with Crippen molar-refractivity contribution in [2.24, 2.45) is 0 Å². The van der Waals surface area contributed by atoms with E-state index in [-0.39, 0.29) is 12.3 Å². The normalized spacial score (nSPS) is 9.90. The number of hydrogen-bond donors (Lipinski definition) is 2. The van der Waals surface area contributed by atoms with Crippen molar-refractivity contribution < 1.29 is 25.5 Å². The van der Waals surface area contributed by atoms with Crippen molar-refractivity contribution in [2.45, 2.75) is 0 Å². The molecule has 108 valence electrons. The molecule has 0 bridgehead atoms. The number of rotatable bonds is 5. The van der Waals surface area contributed by atoms with Gasteiger partial charge in [0, 0.05) is 5.39 Å². The van der Waals surface area contributed by atoms with Gasteiger partial charge >= 0.3 is 0 Å². The summed E-state index contributed by atoms with van der Waals surface area (Å²) in [6, 6.07) is 10.5. The molecule has 1 aromatic heterocycles. The second kappa shape index (κ2) is 8.98. The predicted octanol–water partition coefficient (Wildman–Crippen LogP) is -1.16. The molecule has 2 aromatic rings. The van der Waals surface area contributed by atoms with Crippen molar-refractivity contribution >= 4 is 16.9 Å². The summed E-state index contributed by atoms with van der Waals surface area (Å²) in [4.78, 5) is 14.4. The van der Waals surface area contributed by atoms with Crippen LogP contribution >= 0.6 is 0 Å². The summed E-state index contributed by atoms with van der Waals surface area (Å²) in [5.74, 6) is -1.24. The zero-order valence-electron chi connectivity index (χ0n) is 11.1. The molecule has 0 fully saturated rings. The van der Waals surface area contributed by atoms with Crippen LogP contribution in [0.15, 0.2) is 36.4 Å². The van der Waals surface area contributed by atoms with E-state index in [0.29, 0.717) is 18.7 Å². The van der Waals surface area contributed by atoms with E-state index in [0.717, 1.165) is 11.9 Å². The molecule has 0 saturated heterocycles. The van der Waals surface area contributed by atoms with Crippen molar-refractivity contribution in [1.82, 2.24) is 4.98 Å². The molecule has 0 radical (unpaired) electrons. The number of aromatic carboxylic acids is 1. The number of para-hydroxylation sites is 1. The van der Waals surface area contributed by atoms with E-state index in [9.17, 15) is 9.90 Å². The minimum absolute atomic E-state index is 0.0290. The van der Waals surface area contributed by atoms with Gasteiger partial charge in [0.15, 0.2) is 0 Å². The number of benzene rings is 1. The topological polar surface area (TPSA) is 110 Å². The maximum Gasteiger partial charge on any atom is 0.0977 e. The molecule has 6 nitrogen and oxygen atoms in total. The molecular weight excluding hydrogens is 260 g/mol. The lowest BCUT2D eigenvalue weighted by Gasteiger charge is -2.02. The Morgan fingerprint density at radius 3 is 2.65 bits per heavy atom. The molecule has 0 aliphatic rings. The van der Waals surface area contributed by atoms with Crippen LogP contribution in [0, 0.1) is 0 Å². The van der Waals surface area contributed by atoms with Crippen LogP contribution in [0.4, 0.5) is 0 Å². The highest BCUT2D eigenvalue weighted by molar-refractivity contribution is 5.88. The van der Waals surface area contributed by atoms with Crippen LogP contribution < -0.4 is 10.8 Å². The Kier molecular flexibility index (Phi) is 7.20. The van der Waals surface area contributed by atoms with Crippen LogP contribution in [0.3, 0.4) is 0 Å². The minimum atomic E-state index is -1.24. The number of carboxylic acid groups (broad SMARTS) is 1. The van der Waals surface area contributed by atoms with Gasteiger partial charge in [-0.3, -0.25) is 0 Å². The van der Waals surface area contributed by atoms with E-state index in [1.165, 1.54) is 6.07 Å². The lowest BCUT2D eigenvalue weighted by atomic mass is 10.2. The van der Waals surface area contributed by atoms with Gasteiger partial charge in [-0.05, 0) is 12.1 Å². The van der Waals surface area contributed by atoms with Gasteiger partial charge in [-0.1, -0.05) is 24.3 Å². The lowest BCUT2D eigenvalue weighted by molar-refractivity contribution is -0.374. The van der Waals surface area contributed by atoms with Crippen LogP contribution in [0.2, 0.25) is 0 Å². The Hall–Kier alpha value is -2.02. The first-order valence-corrected chi connectivity index (χ1v) is 6.24. The summed E-state index contributed by atoms with van der Waals surface area (Å²) in [5, 5.41) is 19.5. The number of fused-ring (bicyclic) bond motifs is 1. The number of hydrogen-bond acceptors (Lipinski definition) is 5. The number of aromatic nitrogens is 1. The number of aliphatic hydroxyl groups excluding tert-OH is 1. The zero-order chi connectivity index (χ0) is 14.8. The molecule has 20 heavy (non-hydrogen) atoms. The van der Waals surface area contributed by atoms with E-state index >= 15 is 0 Å². The summed E-state index contributed by atoms with van der Waals surface area (Å²) >= 11 is 0. The summed E-state index contributed by atoms with van der Waals surface area (Å²) in [7, 11) is 0. The van der Waals surface area contributed by atoms with Gasteiger partial charge in [0.2, 0.25) is 0 Å². The second-order valence-electron chi connectivity index (χ2n) is 3.87. The molecule has 1 heterocycles. The zero-order valence-corrected chi connectivity index (χ0v) is 11.1. The molecule has 0 atom stereocenters. The van der Waals surface area contributed by atoms with Gasteiger partial charge in [0.05, 0.1) is 43.5 Å². The third-order valence-corrected chi connectivity index (χ3v) is 2.33. The van der Waals surface area contributed by atoms with Gasteiger partial charge in [-0.25, -0.2) is 4.98 Å². The largest absolute Gasteiger partial charge is 0.543 e. The number of carboxylic acids is 1. The van der Waals surface area contributed by atoms with Gasteiger partial charge in [0.25, 0.3) is 0 Å². The maximum absolute atomic E-state index is 10.5. The highest BCUT2D eigenvalue weighted by atomic mass is 16.5. The number of ether oxygens (including phenoxy) is 1. The molecule has 0 aliphatic heterocycles. The van der Waals surface area contributed by atoms with Crippen molar-refractivity contribution in [3.05, 3.63) is 42.1 Å². The first kappa shape index (κ1) is 16.0. The minimum Gasteiger partial charge on any atom is -0.543 e. The molecule has 0 spiro atoms. The van der Waals surface area contributed by atoms with Crippen molar-refractivity contribution in [3.8, 4) is 0 Å². The third kappa shape index (κ3) is 5.31. The van der Waals surface area contributed by atoms with Crippen LogP contribution in [0.25, 0.3) is 10.9 Å². The summed E-state index contributed by atoms with van der Waals surface area (Å²) < 4.78 is 4.82. The summed E-state index contributed by atoms with van der Waals surface area (Å²) in [6.07, 6.45) is 0. The Labute approximate surface area is 116 Å². The Balaban J connectivity index is 0.000000246. The molecule has 2 rings (SSSR count). The Bertz CT molecular complexity index is 541. The monoisotopic (exact) mass is 278 g/mol. The van der Waals surface area contributed by atoms with Gasteiger partial charge < -0.3 is 25.5 Å². The van der Waals surface area contributed by atoms with Crippen molar-refractivity contribution in [3.63, 3.8) is 0 Å². The number of aliphatic hydroxyl groups is 1.